The third-order valence-electron chi connectivity index (χ3n) is 3.76. The maximum atomic E-state index is 6.45. The van der Waals surface area contributed by atoms with Gasteiger partial charge in [-0.1, -0.05) is 24.9 Å². The van der Waals surface area contributed by atoms with E-state index in [1.54, 1.807) is 23.2 Å². The molecule has 4 aromatic rings. The molecular formula is C16H14ClN5. The van der Waals surface area contributed by atoms with Crippen molar-refractivity contribution in [2.75, 3.05) is 0 Å². The summed E-state index contributed by atoms with van der Waals surface area (Å²) in [5.74, 6) is 0. The van der Waals surface area contributed by atoms with Gasteiger partial charge in [0.25, 0.3) is 0 Å². The van der Waals surface area contributed by atoms with E-state index in [4.69, 9.17) is 11.6 Å². The Balaban J connectivity index is 2.02. The molecule has 4 aromatic heterocycles. The first-order valence-electron chi connectivity index (χ1n) is 7.23. The molecule has 0 amide bonds. The summed E-state index contributed by atoms with van der Waals surface area (Å²) in [6, 6.07) is 6.01. The summed E-state index contributed by atoms with van der Waals surface area (Å²) < 4.78 is 1.61. The Bertz CT molecular complexity index is 969. The minimum Gasteiger partial charge on any atom is -0.343 e. The van der Waals surface area contributed by atoms with Gasteiger partial charge in [0.15, 0.2) is 0 Å². The Morgan fingerprint density at radius 1 is 1.27 bits per heavy atom. The van der Waals surface area contributed by atoms with Crippen LogP contribution in [0.3, 0.4) is 0 Å². The lowest BCUT2D eigenvalue weighted by atomic mass is 10.1. The molecule has 0 fully saturated rings. The molecule has 0 saturated carbocycles. The number of nitrogens with zero attached hydrogens (tertiary/aromatic N) is 4. The summed E-state index contributed by atoms with van der Waals surface area (Å²) in [5.41, 5.74) is 4.87. The van der Waals surface area contributed by atoms with Crippen LogP contribution in [-0.4, -0.2) is 24.8 Å². The Morgan fingerprint density at radius 3 is 3.05 bits per heavy atom. The molecule has 0 radical (unpaired) electrons. The molecule has 0 aromatic carbocycles. The van der Waals surface area contributed by atoms with Crippen LogP contribution in [0.4, 0.5) is 0 Å². The topological polar surface area (TPSA) is 58.9 Å². The Kier molecular flexibility index (Phi) is 3.08. The molecule has 0 aliphatic heterocycles. The van der Waals surface area contributed by atoms with E-state index in [2.05, 4.69) is 33.2 Å². The van der Waals surface area contributed by atoms with E-state index in [-0.39, 0.29) is 0 Å². The predicted octanol–water partition coefficient (Wildman–Crippen LogP) is 3.88. The lowest BCUT2D eigenvalue weighted by molar-refractivity contribution is 0.800. The average molecular weight is 312 g/mol. The number of aromatic nitrogens is 5. The molecule has 0 bridgehead atoms. The maximum absolute atomic E-state index is 6.45. The van der Waals surface area contributed by atoms with Crippen LogP contribution in [0.15, 0.2) is 36.8 Å². The third kappa shape index (κ3) is 1.97. The standard InChI is InChI=1S/C16H14ClN5/c1-2-4-10-7-11-15(13(17)9-18-16(11)21-10)12-8-20-22-14(12)5-3-6-19-22/h3,5-9H,2,4H2,1H3,(H,18,21). The van der Waals surface area contributed by atoms with Crippen LogP contribution < -0.4 is 0 Å². The van der Waals surface area contributed by atoms with E-state index in [1.165, 1.54) is 5.69 Å². The van der Waals surface area contributed by atoms with Crippen LogP contribution in [0.1, 0.15) is 19.0 Å². The van der Waals surface area contributed by atoms with Crippen LogP contribution in [0.2, 0.25) is 5.02 Å². The number of rotatable bonds is 3. The van der Waals surface area contributed by atoms with E-state index < -0.39 is 0 Å². The van der Waals surface area contributed by atoms with E-state index in [0.29, 0.717) is 5.02 Å². The predicted molar refractivity (Wildman–Crippen MR) is 87.1 cm³/mol. The minimum atomic E-state index is 0.619. The molecule has 6 heteroatoms. The summed E-state index contributed by atoms with van der Waals surface area (Å²) in [4.78, 5) is 7.77. The fourth-order valence-electron chi connectivity index (χ4n) is 2.81. The maximum Gasteiger partial charge on any atom is 0.138 e. The van der Waals surface area contributed by atoms with Crippen LogP contribution in [-0.2, 0) is 6.42 Å². The molecule has 4 heterocycles. The normalized spacial score (nSPS) is 11.5. The molecular weight excluding hydrogens is 298 g/mol. The number of aryl methyl sites for hydroxylation is 1. The van der Waals surface area contributed by atoms with Gasteiger partial charge in [-0.3, -0.25) is 0 Å². The van der Waals surface area contributed by atoms with Gasteiger partial charge >= 0.3 is 0 Å². The zero-order valence-electron chi connectivity index (χ0n) is 12.0. The van der Waals surface area contributed by atoms with Crippen molar-refractivity contribution in [1.82, 2.24) is 24.8 Å². The van der Waals surface area contributed by atoms with Crippen molar-refractivity contribution in [3.05, 3.63) is 47.5 Å². The van der Waals surface area contributed by atoms with Crippen LogP contribution in [0.25, 0.3) is 27.7 Å². The first-order chi connectivity index (χ1) is 10.8. The molecule has 4 rings (SSSR count). The van der Waals surface area contributed by atoms with Crippen LogP contribution in [0.5, 0.6) is 0 Å². The number of halogens is 1. The largest absolute Gasteiger partial charge is 0.343 e. The first kappa shape index (κ1) is 13.3. The molecule has 22 heavy (non-hydrogen) atoms. The fraction of sp³-hybridized carbons (Fsp3) is 0.188. The van der Waals surface area contributed by atoms with Crippen molar-refractivity contribution >= 4 is 28.2 Å². The van der Waals surface area contributed by atoms with Gasteiger partial charge in [-0.15, -0.1) is 0 Å². The van der Waals surface area contributed by atoms with E-state index in [1.807, 2.05) is 12.1 Å². The summed E-state index contributed by atoms with van der Waals surface area (Å²) in [5, 5.41) is 10.2. The molecule has 5 nitrogen and oxygen atoms in total. The van der Waals surface area contributed by atoms with Crippen LogP contribution >= 0.6 is 11.6 Å². The zero-order valence-corrected chi connectivity index (χ0v) is 12.8. The number of pyridine rings is 1. The zero-order chi connectivity index (χ0) is 15.1. The van der Waals surface area contributed by atoms with E-state index in [9.17, 15) is 0 Å². The van der Waals surface area contributed by atoms with Crippen molar-refractivity contribution in [3.8, 4) is 11.1 Å². The second-order valence-corrected chi connectivity index (χ2v) is 5.65. The quantitative estimate of drug-likeness (QED) is 0.624. The van der Waals surface area contributed by atoms with E-state index in [0.717, 1.165) is 40.5 Å². The second-order valence-electron chi connectivity index (χ2n) is 5.24. The van der Waals surface area contributed by atoms with Gasteiger partial charge in [0.05, 0.1) is 16.7 Å². The number of hydrogen-bond acceptors (Lipinski definition) is 3. The molecule has 0 atom stereocenters. The number of aromatic amines is 1. The van der Waals surface area contributed by atoms with Gasteiger partial charge in [-0.25, -0.2) is 4.98 Å². The molecule has 0 aliphatic rings. The van der Waals surface area contributed by atoms with Crippen molar-refractivity contribution < 1.29 is 0 Å². The lowest BCUT2D eigenvalue weighted by Gasteiger charge is -2.04. The van der Waals surface area contributed by atoms with Gasteiger partial charge in [0.1, 0.15) is 5.65 Å². The number of hydrogen-bond donors (Lipinski definition) is 1. The average Bonchev–Trinajstić information content (AvgIpc) is 3.12. The highest BCUT2D eigenvalue weighted by Crippen LogP contribution is 2.36. The highest BCUT2D eigenvalue weighted by atomic mass is 35.5. The van der Waals surface area contributed by atoms with Gasteiger partial charge in [0, 0.05) is 34.6 Å². The van der Waals surface area contributed by atoms with Gasteiger partial charge in [-0.2, -0.15) is 14.8 Å². The van der Waals surface area contributed by atoms with Crippen molar-refractivity contribution in [3.63, 3.8) is 0 Å². The van der Waals surface area contributed by atoms with Crippen molar-refractivity contribution in [1.29, 1.82) is 0 Å². The molecule has 0 saturated heterocycles. The highest BCUT2D eigenvalue weighted by molar-refractivity contribution is 6.35. The summed E-state index contributed by atoms with van der Waals surface area (Å²) in [6.45, 7) is 2.16. The summed E-state index contributed by atoms with van der Waals surface area (Å²) >= 11 is 6.45. The highest BCUT2D eigenvalue weighted by Gasteiger charge is 2.16. The summed E-state index contributed by atoms with van der Waals surface area (Å²) in [6.07, 6.45) is 7.27. The SMILES string of the molecule is CCCc1cc2c(-c3cnn4ncccc34)c(Cl)cnc2[nH]1. The molecule has 0 spiro atoms. The van der Waals surface area contributed by atoms with Gasteiger partial charge in [-0.05, 0) is 24.6 Å². The molecule has 0 unspecified atom stereocenters. The van der Waals surface area contributed by atoms with Crippen molar-refractivity contribution in [2.45, 2.75) is 19.8 Å². The Hall–Kier alpha value is -2.40. The lowest BCUT2D eigenvalue weighted by Crippen LogP contribution is -1.90. The Morgan fingerprint density at radius 2 is 2.18 bits per heavy atom. The number of nitrogens with one attached hydrogen (secondary N) is 1. The second kappa shape index (κ2) is 5.10. The Labute approximate surface area is 131 Å². The molecule has 1 N–H and O–H groups in total. The summed E-state index contributed by atoms with van der Waals surface area (Å²) in [7, 11) is 0. The molecule has 0 aliphatic carbocycles. The third-order valence-corrected chi connectivity index (χ3v) is 4.05. The van der Waals surface area contributed by atoms with Gasteiger partial charge < -0.3 is 4.98 Å². The fourth-order valence-corrected chi connectivity index (χ4v) is 3.06. The van der Waals surface area contributed by atoms with Gasteiger partial charge in [0.2, 0.25) is 0 Å². The monoisotopic (exact) mass is 311 g/mol. The number of H-pyrrole nitrogens is 1. The minimum absolute atomic E-state index is 0.619. The smallest absolute Gasteiger partial charge is 0.138 e. The van der Waals surface area contributed by atoms with Crippen LogP contribution in [0, 0.1) is 0 Å². The molecule has 110 valence electrons. The number of fused-ring (bicyclic) bond motifs is 2. The van der Waals surface area contributed by atoms with E-state index >= 15 is 0 Å². The first-order valence-corrected chi connectivity index (χ1v) is 7.61. The van der Waals surface area contributed by atoms with Crippen molar-refractivity contribution in [2.24, 2.45) is 0 Å².